The number of rotatable bonds is 4. The van der Waals surface area contributed by atoms with Crippen molar-refractivity contribution >= 4 is 5.91 Å². The number of hydrogen-bond donors (Lipinski definition) is 2. The molecular formula is C16H19N3O4. The van der Waals surface area contributed by atoms with Gasteiger partial charge in [-0.2, -0.15) is 5.10 Å². The third-order valence-electron chi connectivity index (χ3n) is 4.05. The van der Waals surface area contributed by atoms with Crippen LogP contribution in [-0.4, -0.2) is 23.2 Å². The predicted molar refractivity (Wildman–Crippen MR) is 82.5 cm³/mol. The molecule has 2 N–H and O–H groups in total. The molecule has 2 aromatic rings. The molecule has 0 saturated carbocycles. The van der Waals surface area contributed by atoms with E-state index in [1.807, 2.05) is 0 Å². The Balaban J connectivity index is 1.69. The molecule has 0 bridgehead atoms. The van der Waals surface area contributed by atoms with Crippen LogP contribution in [0.3, 0.4) is 0 Å². The number of nitrogens with one attached hydrogen (secondary N) is 2. The minimum atomic E-state index is -0.449. The summed E-state index contributed by atoms with van der Waals surface area (Å²) in [7, 11) is 1.37. The van der Waals surface area contributed by atoms with Gasteiger partial charge in [0, 0.05) is 11.8 Å². The molecule has 2 heterocycles. The highest BCUT2D eigenvalue weighted by atomic mass is 16.5. The molecule has 0 spiro atoms. The summed E-state index contributed by atoms with van der Waals surface area (Å²) in [5.74, 6) is -0.424. The van der Waals surface area contributed by atoms with Crippen LogP contribution in [0, 0.1) is 0 Å². The molecule has 0 aromatic carbocycles. The van der Waals surface area contributed by atoms with Gasteiger partial charge in [0.15, 0.2) is 5.76 Å². The van der Waals surface area contributed by atoms with Gasteiger partial charge in [-0.05, 0) is 31.2 Å². The van der Waals surface area contributed by atoms with Gasteiger partial charge in [0.1, 0.15) is 6.26 Å². The fraction of sp³-hybridized carbons (Fsp3) is 0.438. The number of amides is 1. The molecule has 2 aromatic heterocycles. The minimum Gasteiger partial charge on any atom is -0.490 e. The second-order valence-electron chi connectivity index (χ2n) is 5.55. The Kier molecular flexibility index (Phi) is 4.45. The van der Waals surface area contributed by atoms with E-state index in [9.17, 15) is 9.59 Å². The Hall–Kier alpha value is -2.57. The maximum atomic E-state index is 12.1. The van der Waals surface area contributed by atoms with Gasteiger partial charge < -0.3 is 14.5 Å². The highest BCUT2D eigenvalue weighted by Crippen LogP contribution is 2.21. The number of H-pyrrole nitrogens is 1. The molecule has 3 rings (SSSR count). The van der Waals surface area contributed by atoms with Crippen LogP contribution >= 0.6 is 0 Å². The molecule has 0 aliphatic heterocycles. The van der Waals surface area contributed by atoms with Crippen molar-refractivity contribution in [1.82, 2.24) is 15.5 Å². The van der Waals surface area contributed by atoms with Crippen LogP contribution in [-0.2, 0) is 19.4 Å². The number of nitrogens with zero attached hydrogens (tertiary/aromatic N) is 1. The molecule has 1 aliphatic rings. The summed E-state index contributed by atoms with van der Waals surface area (Å²) < 4.78 is 9.95. The van der Waals surface area contributed by atoms with E-state index in [0.717, 1.165) is 43.7 Å². The molecule has 7 nitrogen and oxygen atoms in total. The van der Waals surface area contributed by atoms with Crippen molar-refractivity contribution in [2.45, 2.75) is 38.6 Å². The van der Waals surface area contributed by atoms with Gasteiger partial charge in [-0.25, -0.2) is 0 Å². The molecular weight excluding hydrogens is 298 g/mol. The largest absolute Gasteiger partial charge is 0.490 e. The lowest BCUT2D eigenvalue weighted by Crippen LogP contribution is -2.24. The number of fused-ring (bicyclic) bond motifs is 1. The zero-order chi connectivity index (χ0) is 16.2. The standard InChI is InChI=1S/C16H19N3O4/c1-22-15-9-23-14(7-13(15)20)16(21)17-8-12-10-5-3-2-4-6-11(10)18-19-12/h7,9H,2-6,8H2,1H3,(H,17,21)(H,18,19). The maximum absolute atomic E-state index is 12.1. The first-order valence-electron chi connectivity index (χ1n) is 7.69. The number of carbonyl (C=O) groups excluding carboxylic acids is 1. The average molecular weight is 317 g/mol. The first kappa shape index (κ1) is 15.3. The van der Waals surface area contributed by atoms with E-state index in [2.05, 4.69) is 15.5 Å². The quantitative estimate of drug-likeness (QED) is 0.834. The zero-order valence-electron chi connectivity index (χ0n) is 13.0. The van der Waals surface area contributed by atoms with Gasteiger partial charge >= 0.3 is 0 Å². The summed E-state index contributed by atoms with van der Waals surface area (Å²) >= 11 is 0. The van der Waals surface area contributed by atoms with Crippen molar-refractivity contribution in [3.63, 3.8) is 0 Å². The number of hydrogen-bond acceptors (Lipinski definition) is 5. The third-order valence-corrected chi connectivity index (χ3v) is 4.05. The van der Waals surface area contributed by atoms with Gasteiger partial charge in [0.05, 0.1) is 19.3 Å². The van der Waals surface area contributed by atoms with Gasteiger partial charge in [0.25, 0.3) is 5.91 Å². The van der Waals surface area contributed by atoms with Crippen LogP contribution < -0.4 is 15.5 Å². The van der Waals surface area contributed by atoms with E-state index in [1.165, 1.54) is 24.8 Å². The Labute approximate surface area is 133 Å². The summed E-state index contributed by atoms with van der Waals surface area (Å²) in [4.78, 5) is 23.8. The van der Waals surface area contributed by atoms with Crippen LogP contribution in [0.1, 0.15) is 46.8 Å². The molecule has 0 radical (unpaired) electrons. The van der Waals surface area contributed by atoms with Crippen LogP contribution in [0.4, 0.5) is 0 Å². The van der Waals surface area contributed by atoms with E-state index in [4.69, 9.17) is 9.15 Å². The van der Waals surface area contributed by atoms with E-state index in [1.54, 1.807) is 0 Å². The van der Waals surface area contributed by atoms with Crippen LogP contribution in [0.15, 0.2) is 21.5 Å². The molecule has 7 heteroatoms. The summed E-state index contributed by atoms with van der Waals surface area (Å²) in [6.45, 7) is 0.306. The van der Waals surface area contributed by atoms with Crippen LogP contribution in [0.5, 0.6) is 5.75 Å². The molecule has 1 aliphatic carbocycles. The average Bonchev–Trinajstić information content (AvgIpc) is 2.79. The van der Waals surface area contributed by atoms with E-state index in [0.29, 0.717) is 6.54 Å². The fourth-order valence-corrected chi connectivity index (χ4v) is 2.79. The van der Waals surface area contributed by atoms with Crippen molar-refractivity contribution in [2.75, 3.05) is 7.11 Å². The van der Waals surface area contributed by atoms with Crippen molar-refractivity contribution < 1.29 is 13.9 Å². The Morgan fingerprint density at radius 3 is 3.00 bits per heavy atom. The molecule has 0 fully saturated rings. The summed E-state index contributed by atoms with van der Waals surface area (Å²) in [6.07, 6.45) is 6.64. The smallest absolute Gasteiger partial charge is 0.287 e. The van der Waals surface area contributed by atoms with E-state index < -0.39 is 11.3 Å². The molecule has 0 unspecified atom stereocenters. The van der Waals surface area contributed by atoms with Crippen molar-refractivity contribution in [3.8, 4) is 5.75 Å². The molecule has 0 saturated heterocycles. The topological polar surface area (TPSA) is 97.2 Å². The molecule has 0 atom stereocenters. The summed E-state index contributed by atoms with van der Waals surface area (Å²) in [5, 5.41) is 10.1. The fourth-order valence-electron chi connectivity index (χ4n) is 2.79. The van der Waals surface area contributed by atoms with Gasteiger partial charge in [-0.3, -0.25) is 14.7 Å². The lowest BCUT2D eigenvalue weighted by atomic mass is 10.1. The zero-order valence-corrected chi connectivity index (χ0v) is 13.0. The van der Waals surface area contributed by atoms with Crippen molar-refractivity contribution in [1.29, 1.82) is 0 Å². The number of aromatic amines is 1. The van der Waals surface area contributed by atoms with Crippen molar-refractivity contribution in [2.24, 2.45) is 0 Å². The van der Waals surface area contributed by atoms with Crippen LogP contribution in [0.25, 0.3) is 0 Å². The van der Waals surface area contributed by atoms with Gasteiger partial charge in [-0.1, -0.05) is 6.42 Å². The Morgan fingerprint density at radius 2 is 2.22 bits per heavy atom. The number of methoxy groups -OCH3 is 1. The highest BCUT2D eigenvalue weighted by molar-refractivity contribution is 5.91. The van der Waals surface area contributed by atoms with Gasteiger partial charge in [-0.15, -0.1) is 0 Å². The second kappa shape index (κ2) is 6.68. The number of ether oxygens (including phenoxy) is 1. The Bertz CT molecular complexity index is 763. The van der Waals surface area contributed by atoms with Crippen LogP contribution in [0.2, 0.25) is 0 Å². The van der Waals surface area contributed by atoms with Gasteiger partial charge in [0.2, 0.25) is 11.2 Å². The monoisotopic (exact) mass is 317 g/mol. The molecule has 23 heavy (non-hydrogen) atoms. The predicted octanol–water partition coefficient (Wildman–Crippen LogP) is 1.57. The molecule has 1 amide bonds. The van der Waals surface area contributed by atoms with Crippen molar-refractivity contribution in [3.05, 3.63) is 45.3 Å². The lowest BCUT2D eigenvalue weighted by Gasteiger charge is -2.05. The summed E-state index contributed by atoms with van der Waals surface area (Å²) in [6, 6.07) is 1.12. The third kappa shape index (κ3) is 3.28. The summed E-state index contributed by atoms with van der Waals surface area (Å²) in [5.41, 5.74) is 2.84. The lowest BCUT2D eigenvalue weighted by molar-refractivity contribution is 0.0919. The highest BCUT2D eigenvalue weighted by Gasteiger charge is 2.17. The second-order valence-corrected chi connectivity index (χ2v) is 5.55. The normalized spacial score (nSPS) is 14.0. The Morgan fingerprint density at radius 1 is 1.39 bits per heavy atom. The molecule has 122 valence electrons. The SMILES string of the molecule is COc1coc(C(=O)NCc2n[nH]c3c2CCCCC3)cc1=O. The maximum Gasteiger partial charge on any atom is 0.287 e. The first-order chi connectivity index (χ1) is 11.2. The number of aromatic nitrogens is 2. The minimum absolute atomic E-state index is 0.0441. The van der Waals surface area contributed by atoms with E-state index >= 15 is 0 Å². The number of aryl methyl sites for hydroxylation is 1. The van der Waals surface area contributed by atoms with E-state index in [-0.39, 0.29) is 11.5 Å². The number of carbonyl (C=O) groups is 1. The first-order valence-corrected chi connectivity index (χ1v) is 7.69.